The summed E-state index contributed by atoms with van der Waals surface area (Å²) in [4.78, 5) is 1.69. The predicted molar refractivity (Wildman–Crippen MR) is 67.4 cm³/mol. The van der Waals surface area contributed by atoms with E-state index in [2.05, 4.69) is 6.07 Å². The van der Waals surface area contributed by atoms with Gasteiger partial charge in [0.1, 0.15) is 10.9 Å². The second-order valence-corrected chi connectivity index (χ2v) is 4.79. The molecule has 80 valence electrons. The number of hydrogen-bond donors (Lipinski definition) is 1. The maximum Gasteiger partial charge on any atom is 0.110 e. The number of thiophene rings is 1. The molecular weight excluding hydrogens is 240 g/mol. The Kier molecular flexibility index (Phi) is 3.25. The van der Waals surface area contributed by atoms with Gasteiger partial charge >= 0.3 is 0 Å². The summed E-state index contributed by atoms with van der Waals surface area (Å²) >= 11 is 7.60. The van der Waals surface area contributed by atoms with Crippen molar-refractivity contribution in [1.82, 2.24) is 0 Å². The number of hydrogen-bond acceptors (Lipinski definition) is 3. The third-order valence-electron chi connectivity index (χ3n) is 2.25. The molecule has 16 heavy (non-hydrogen) atoms. The molecule has 2 N–H and O–H groups in total. The zero-order valence-corrected chi connectivity index (χ0v) is 9.98. The van der Waals surface area contributed by atoms with E-state index in [1.807, 2.05) is 24.3 Å². The average molecular weight is 249 g/mol. The molecule has 0 saturated heterocycles. The van der Waals surface area contributed by atoms with Gasteiger partial charge < -0.3 is 5.73 Å². The van der Waals surface area contributed by atoms with Crippen LogP contribution in [-0.2, 0) is 6.54 Å². The summed E-state index contributed by atoms with van der Waals surface area (Å²) in [5.41, 5.74) is 7.49. The van der Waals surface area contributed by atoms with Crippen LogP contribution in [0.5, 0.6) is 0 Å². The molecule has 1 aromatic heterocycles. The Labute approximate surface area is 103 Å². The third kappa shape index (κ3) is 2.10. The molecule has 0 atom stereocenters. The minimum absolute atomic E-state index is 0.480. The van der Waals surface area contributed by atoms with Crippen molar-refractivity contribution >= 4 is 22.9 Å². The van der Waals surface area contributed by atoms with Gasteiger partial charge in [0.2, 0.25) is 0 Å². The molecule has 1 aromatic carbocycles. The van der Waals surface area contributed by atoms with Crippen LogP contribution < -0.4 is 5.73 Å². The number of rotatable bonds is 2. The zero-order valence-electron chi connectivity index (χ0n) is 8.40. The highest BCUT2D eigenvalue weighted by Gasteiger charge is 2.07. The first-order chi connectivity index (χ1) is 7.74. The van der Waals surface area contributed by atoms with Gasteiger partial charge in [-0.3, -0.25) is 0 Å². The number of benzene rings is 1. The highest BCUT2D eigenvalue weighted by atomic mass is 35.5. The Morgan fingerprint density at radius 2 is 2.12 bits per heavy atom. The predicted octanol–water partition coefficient (Wildman–Crippen LogP) is 3.40. The fourth-order valence-electron chi connectivity index (χ4n) is 1.43. The van der Waals surface area contributed by atoms with Gasteiger partial charge in [-0.1, -0.05) is 23.7 Å². The normalized spacial score (nSPS) is 10.1. The first-order valence-electron chi connectivity index (χ1n) is 4.73. The topological polar surface area (TPSA) is 49.8 Å². The van der Waals surface area contributed by atoms with E-state index in [0.717, 1.165) is 16.0 Å². The van der Waals surface area contributed by atoms with Gasteiger partial charge in [-0.15, -0.1) is 11.3 Å². The quantitative estimate of drug-likeness (QED) is 0.886. The van der Waals surface area contributed by atoms with Crippen LogP contribution in [0.4, 0.5) is 0 Å². The van der Waals surface area contributed by atoms with Gasteiger partial charge in [0, 0.05) is 22.0 Å². The van der Waals surface area contributed by atoms with Gasteiger partial charge in [-0.05, 0) is 23.8 Å². The first kappa shape index (κ1) is 11.2. The van der Waals surface area contributed by atoms with Crippen molar-refractivity contribution in [1.29, 1.82) is 5.26 Å². The second kappa shape index (κ2) is 4.67. The van der Waals surface area contributed by atoms with Crippen LogP contribution in [0.3, 0.4) is 0 Å². The average Bonchev–Trinajstić information content (AvgIpc) is 2.77. The van der Waals surface area contributed by atoms with E-state index < -0.39 is 0 Å². The van der Waals surface area contributed by atoms with Gasteiger partial charge in [0.15, 0.2) is 0 Å². The molecule has 0 saturated carbocycles. The molecule has 2 rings (SSSR count). The molecule has 0 radical (unpaired) electrons. The van der Waals surface area contributed by atoms with Crippen molar-refractivity contribution in [2.45, 2.75) is 6.54 Å². The van der Waals surface area contributed by atoms with Gasteiger partial charge in [0.05, 0.1) is 0 Å². The maximum absolute atomic E-state index is 8.76. The number of nitriles is 1. The van der Waals surface area contributed by atoms with Crippen LogP contribution in [0.25, 0.3) is 10.4 Å². The molecule has 2 nitrogen and oxygen atoms in total. The van der Waals surface area contributed by atoms with Crippen molar-refractivity contribution < 1.29 is 0 Å². The maximum atomic E-state index is 8.76. The summed E-state index contributed by atoms with van der Waals surface area (Å²) in [6, 6.07) is 11.6. The Bertz CT molecular complexity index is 554. The summed E-state index contributed by atoms with van der Waals surface area (Å²) in [5, 5.41) is 9.44. The summed E-state index contributed by atoms with van der Waals surface area (Å²) in [6.07, 6.45) is 0. The van der Waals surface area contributed by atoms with E-state index in [-0.39, 0.29) is 0 Å². The van der Waals surface area contributed by atoms with Crippen molar-refractivity contribution in [2.75, 3.05) is 0 Å². The molecule has 0 fully saturated rings. The summed E-state index contributed by atoms with van der Waals surface area (Å²) in [5.74, 6) is 0. The fraction of sp³-hybridized carbons (Fsp3) is 0.0833. The largest absolute Gasteiger partial charge is 0.326 e. The SMILES string of the molecule is N#Cc1ccc(-c2ccc(CN)cc2Cl)s1. The molecule has 0 aliphatic rings. The Balaban J connectivity index is 2.45. The highest BCUT2D eigenvalue weighted by Crippen LogP contribution is 2.33. The molecule has 0 aliphatic carbocycles. The van der Waals surface area contributed by atoms with E-state index in [9.17, 15) is 0 Å². The summed E-state index contributed by atoms with van der Waals surface area (Å²) < 4.78 is 0. The molecule has 1 heterocycles. The molecular formula is C12H9ClN2S. The van der Waals surface area contributed by atoms with E-state index in [1.165, 1.54) is 11.3 Å². The van der Waals surface area contributed by atoms with E-state index in [4.69, 9.17) is 22.6 Å². The summed E-state index contributed by atoms with van der Waals surface area (Å²) in [7, 11) is 0. The lowest BCUT2D eigenvalue weighted by Gasteiger charge is -2.03. The van der Waals surface area contributed by atoms with E-state index in [1.54, 1.807) is 6.07 Å². The molecule has 0 amide bonds. The Morgan fingerprint density at radius 3 is 2.69 bits per heavy atom. The van der Waals surface area contributed by atoms with Gasteiger partial charge in [0.25, 0.3) is 0 Å². The smallest absolute Gasteiger partial charge is 0.110 e. The zero-order chi connectivity index (χ0) is 11.5. The number of halogens is 1. The summed E-state index contributed by atoms with van der Waals surface area (Å²) in [6.45, 7) is 0.480. The molecule has 0 bridgehead atoms. The lowest BCUT2D eigenvalue weighted by molar-refractivity contribution is 1.07. The molecule has 2 aromatic rings. The van der Waals surface area contributed by atoms with Crippen molar-refractivity contribution in [2.24, 2.45) is 5.73 Å². The van der Waals surface area contributed by atoms with Crippen LogP contribution in [0.2, 0.25) is 5.02 Å². The van der Waals surface area contributed by atoms with Crippen molar-refractivity contribution in [3.05, 3.63) is 45.8 Å². The lowest BCUT2D eigenvalue weighted by Crippen LogP contribution is -1.95. The molecule has 0 aliphatic heterocycles. The standard InChI is InChI=1S/C12H9ClN2S/c13-11-5-8(6-14)1-3-10(11)12-4-2-9(7-15)16-12/h1-5H,6,14H2. The molecule has 0 spiro atoms. The lowest BCUT2D eigenvalue weighted by atomic mass is 10.1. The molecule has 0 unspecified atom stereocenters. The van der Waals surface area contributed by atoms with Crippen molar-refractivity contribution in [3.63, 3.8) is 0 Å². The minimum Gasteiger partial charge on any atom is -0.326 e. The molecule has 4 heteroatoms. The van der Waals surface area contributed by atoms with E-state index in [0.29, 0.717) is 16.4 Å². The van der Waals surface area contributed by atoms with Crippen LogP contribution in [0.1, 0.15) is 10.4 Å². The number of nitrogens with two attached hydrogens (primary N) is 1. The highest BCUT2D eigenvalue weighted by molar-refractivity contribution is 7.16. The van der Waals surface area contributed by atoms with Crippen molar-refractivity contribution in [3.8, 4) is 16.5 Å². The minimum atomic E-state index is 0.480. The van der Waals surface area contributed by atoms with Gasteiger partial charge in [-0.2, -0.15) is 5.26 Å². The number of nitrogens with zero attached hydrogens (tertiary/aromatic N) is 1. The second-order valence-electron chi connectivity index (χ2n) is 3.29. The van der Waals surface area contributed by atoms with Gasteiger partial charge in [-0.25, -0.2) is 0 Å². The fourth-order valence-corrected chi connectivity index (χ4v) is 2.63. The third-order valence-corrected chi connectivity index (χ3v) is 3.59. The Hall–Kier alpha value is -1.34. The Morgan fingerprint density at radius 1 is 1.31 bits per heavy atom. The van der Waals surface area contributed by atoms with Crippen LogP contribution in [0.15, 0.2) is 30.3 Å². The van der Waals surface area contributed by atoms with Crippen LogP contribution >= 0.6 is 22.9 Å². The van der Waals surface area contributed by atoms with Crippen LogP contribution in [-0.4, -0.2) is 0 Å². The van der Waals surface area contributed by atoms with E-state index >= 15 is 0 Å². The van der Waals surface area contributed by atoms with Crippen LogP contribution in [0, 0.1) is 11.3 Å². The monoisotopic (exact) mass is 248 g/mol. The first-order valence-corrected chi connectivity index (χ1v) is 5.93.